The number of nitrogens with zero attached hydrogens (tertiary/aromatic N) is 1. The molecule has 0 heterocycles. The first-order chi connectivity index (χ1) is 12.2. The highest BCUT2D eigenvalue weighted by Gasteiger charge is 2.25. The number of carbonyl (C=O) groups is 1. The molecule has 26 heavy (non-hydrogen) atoms. The Morgan fingerprint density at radius 3 is 2.27 bits per heavy atom. The molecule has 0 aromatic heterocycles. The predicted molar refractivity (Wildman–Crippen MR) is 102 cm³/mol. The molecule has 140 valence electrons. The van der Waals surface area contributed by atoms with E-state index in [4.69, 9.17) is 0 Å². The highest BCUT2D eigenvalue weighted by atomic mass is 79.9. The summed E-state index contributed by atoms with van der Waals surface area (Å²) in [5.41, 5.74) is 0.908. The minimum absolute atomic E-state index is 0.0468. The van der Waals surface area contributed by atoms with E-state index < -0.39 is 21.7 Å². The number of nitrogens with one attached hydrogen (secondary N) is 1. The fourth-order valence-electron chi connectivity index (χ4n) is 2.40. The van der Waals surface area contributed by atoms with E-state index in [0.29, 0.717) is 0 Å². The zero-order chi connectivity index (χ0) is 19.3. The average molecular weight is 443 g/mol. The van der Waals surface area contributed by atoms with E-state index in [1.165, 1.54) is 12.1 Å². The summed E-state index contributed by atoms with van der Waals surface area (Å²) in [6.07, 6.45) is 0. The molecule has 0 radical (unpaired) electrons. The molecule has 1 amide bonds. The van der Waals surface area contributed by atoms with Gasteiger partial charge in [-0.25, -0.2) is 12.8 Å². The van der Waals surface area contributed by atoms with Gasteiger partial charge in [0.2, 0.25) is 15.9 Å². The van der Waals surface area contributed by atoms with Crippen molar-refractivity contribution in [2.75, 3.05) is 13.1 Å². The Labute approximate surface area is 161 Å². The number of hydrogen-bond acceptors (Lipinski definition) is 3. The van der Waals surface area contributed by atoms with Crippen molar-refractivity contribution in [3.63, 3.8) is 0 Å². The molecule has 1 N–H and O–H groups in total. The summed E-state index contributed by atoms with van der Waals surface area (Å²) in [5, 5.41) is 2.79. The van der Waals surface area contributed by atoms with Crippen LogP contribution in [0.3, 0.4) is 0 Å². The van der Waals surface area contributed by atoms with Gasteiger partial charge in [0.1, 0.15) is 5.82 Å². The van der Waals surface area contributed by atoms with Gasteiger partial charge in [0, 0.05) is 11.0 Å². The standard InChI is InChI=1S/C18H20BrFN2O3S/c1-3-22(26(24,25)17-10-8-16(20)9-11-17)12-18(23)21-13(2)14-4-6-15(19)7-5-14/h4-11,13H,3,12H2,1-2H3,(H,21,23)/t13-/m0/s1. The molecule has 0 spiro atoms. The lowest BCUT2D eigenvalue weighted by molar-refractivity contribution is -0.121. The van der Waals surface area contributed by atoms with E-state index in [9.17, 15) is 17.6 Å². The molecule has 0 aliphatic rings. The smallest absolute Gasteiger partial charge is 0.243 e. The first kappa shape index (κ1) is 20.5. The van der Waals surface area contributed by atoms with Crippen LogP contribution >= 0.6 is 15.9 Å². The number of rotatable bonds is 7. The van der Waals surface area contributed by atoms with Crippen molar-refractivity contribution in [1.29, 1.82) is 0 Å². The summed E-state index contributed by atoms with van der Waals surface area (Å²) in [6, 6.07) is 11.8. The van der Waals surface area contributed by atoms with Gasteiger partial charge in [0.15, 0.2) is 0 Å². The average Bonchev–Trinajstić information content (AvgIpc) is 2.60. The van der Waals surface area contributed by atoms with Crippen LogP contribution in [0.2, 0.25) is 0 Å². The second-order valence-corrected chi connectivity index (χ2v) is 8.58. The first-order valence-corrected chi connectivity index (χ1v) is 10.3. The Morgan fingerprint density at radius 2 is 1.73 bits per heavy atom. The number of sulfonamides is 1. The zero-order valence-corrected chi connectivity index (χ0v) is 16.8. The van der Waals surface area contributed by atoms with Crippen LogP contribution in [0.15, 0.2) is 57.9 Å². The van der Waals surface area contributed by atoms with E-state index in [2.05, 4.69) is 21.2 Å². The lowest BCUT2D eigenvalue weighted by Crippen LogP contribution is -2.41. The van der Waals surface area contributed by atoms with Crippen LogP contribution in [0.4, 0.5) is 4.39 Å². The van der Waals surface area contributed by atoms with Gasteiger partial charge >= 0.3 is 0 Å². The monoisotopic (exact) mass is 442 g/mol. The Morgan fingerprint density at radius 1 is 1.15 bits per heavy atom. The Balaban J connectivity index is 2.07. The van der Waals surface area contributed by atoms with Gasteiger partial charge in [0.05, 0.1) is 17.5 Å². The maximum Gasteiger partial charge on any atom is 0.243 e. The number of carbonyl (C=O) groups excluding carboxylic acids is 1. The third-order valence-electron chi connectivity index (χ3n) is 3.87. The van der Waals surface area contributed by atoms with Gasteiger partial charge in [-0.1, -0.05) is 35.0 Å². The number of hydrogen-bond donors (Lipinski definition) is 1. The quantitative estimate of drug-likeness (QED) is 0.713. The molecule has 0 unspecified atom stereocenters. The molecule has 0 aliphatic heterocycles. The summed E-state index contributed by atoms with van der Waals surface area (Å²) in [4.78, 5) is 12.3. The maximum absolute atomic E-state index is 13.0. The molecule has 8 heteroatoms. The molecule has 0 saturated carbocycles. The highest BCUT2D eigenvalue weighted by molar-refractivity contribution is 9.10. The highest BCUT2D eigenvalue weighted by Crippen LogP contribution is 2.18. The SMILES string of the molecule is CCN(CC(=O)N[C@@H](C)c1ccc(Br)cc1)S(=O)(=O)c1ccc(F)cc1. The summed E-state index contributed by atoms with van der Waals surface area (Å²) >= 11 is 3.35. The van der Waals surface area contributed by atoms with Crippen LogP contribution in [0.25, 0.3) is 0 Å². The number of benzene rings is 2. The van der Waals surface area contributed by atoms with Crippen LogP contribution in [-0.4, -0.2) is 31.7 Å². The molecule has 2 aromatic carbocycles. The molecule has 0 bridgehead atoms. The third-order valence-corrected chi connectivity index (χ3v) is 6.34. The second-order valence-electron chi connectivity index (χ2n) is 5.73. The van der Waals surface area contributed by atoms with E-state index in [-0.39, 0.29) is 24.0 Å². The van der Waals surface area contributed by atoms with Gasteiger partial charge < -0.3 is 5.32 Å². The zero-order valence-electron chi connectivity index (χ0n) is 14.4. The summed E-state index contributed by atoms with van der Waals surface area (Å²) in [6.45, 7) is 3.29. The molecular formula is C18H20BrFN2O3S. The lowest BCUT2D eigenvalue weighted by atomic mass is 10.1. The van der Waals surface area contributed by atoms with Crippen LogP contribution in [0, 0.1) is 5.82 Å². The number of halogens is 2. The van der Waals surface area contributed by atoms with Crippen LogP contribution < -0.4 is 5.32 Å². The molecular weight excluding hydrogens is 423 g/mol. The van der Waals surface area contributed by atoms with Crippen LogP contribution in [0.5, 0.6) is 0 Å². The van der Waals surface area contributed by atoms with Crippen molar-refractivity contribution < 1.29 is 17.6 Å². The van der Waals surface area contributed by atoms with E-state index in [1.54, 1.807) is 6.92 Å². The molecule has 5 nitrogen and oxygen atoms in total. The van der Waals surface area contributed by atoms with Gasteiger partial charge in [0.25, 0.3) is 0 Å². The first-order valence-electron chi connectivity index (χ1n) is 8.04. The molecule has 2 rings (SSSR count). The molecule has 0 saturated heterocycles. The van der Waals surface area contributed by atoms with E-state index >= 15 is 0 Å². The van der Waals surface area contributed by atoms with E-state index in [0.717, 1.165) is 26.5 Å². The minimum Gasteiger partial charge on any atom is -0.348 e. The normalized spacial score (nSPS) is 12.8. The fourth-order valence-corrected chi connectivity index (χ4v) is 4.07. The van der Waals surface area contributed by atoms with Crippen molar-refractivity contribution in [2.24, 2.45) is 0 Å². The van der Waals surface area contributed by atoms with Crippen molar-refractivity contribution in [3.8, 4) is 0 Å². The second kappa shape index (κ2) is 8.75. The Hall–Kier alpha value is -1.77. The Kier molecular flexibility index (Phi) is 6.91. The molecule has 0 aliphatic carbocycles. The van der Waals surface area contributed by atoms with E-state index in [1.807, 2.05) is 31.2 Å². The summed E-state index contributed by atoms with van der Waals surface area (Å²) in [5.74, 6) is -0.930. The topological polar surface area (TPSA) is 66.5 Å². The molecule has 0 fully saturated rings. The van der Waals surface area contributed by atoms with Crippen molar-refractivity contribution in [1.82, 2.24) is 9.62 Å². The van der Waals surface area contributed by atoms with Crippen LogP contribution in [0.1, 0.15) is 25.5 Å². The fraction of sp³-hybridized carbons (Fsp3) is 0.278. The minimum atomic E-state index is -3.87. The number of likely N-dealkylation sites (N-methyl/N-ethyl adjacent to an activating group) is 1. The molecule has 2 aromatic rings. The molecule has 1 atom stereocenters. The van der Waals surface area contributed by atoms with Gasteiger partial charge in [-0.05, 0) is 48.9 Å². The lowest BCUT2D eigenvalue weighted by Gasteiger charge is -2.22. The van der Waals surface area contributed by atoms with Gasteiger partial charge in [-0.2, -0.15) is 4.31 Å². The van der Waals surface area contributed by atoms with Crippen molar-refractivity contribution in [3.05, 3.63) is 64.4 Å². The summed E-state index contributed by atoms with van der Waals surface area (Å²) < 4.78 is 40.3. The Bertz CT molecular complexity index is 855. The third kappa shape index (κ3) is 5.12. The predicted octanol–water partition coefficient (Wildman–Crippen LogP) is 3.48. The maximum atomic E-state index is 13.0. The number of amides is 1. The van der Waals surface area contributed by atoms with Crippen molar-refractivity contribution in [2.45, 2.75) is 24.8 Å². The van der Waals surface area contributed by atoms with Crippen molar-refractivity contribution >= 4 is 31.9 Å². The van der Waals surface area contributed by atoms with Gasteiger partial charge in [-0.15, -0.1) is 0 Å². The largest absolute Gasteiger partial charge is 0.348 e. The van der Waals surface area contributed by atoms with Crippen LogP contribution in [-0.2, 0) is 14.8 Å². The van der Waals surface area contributed by atoms with Gasteiger partial charge in [-0.3, -0.25) is 4.79 Å². The summed E-state index contributed by atoms with van der Waals surface area (Å²) in [7, 11) is -3.87.